The van der Waals surface area contributed by atoms with Crippen molar-refractivity contribution in [1.29, 1.82) is 0 Å². The molecule has 5 heteroatoms. The third-order valence-corrected chi connectivity index (χ3v) is 5.67. The quantitative estimate of drug-likeness (QED) is 0.522. The average Bonchev–Trinajstić information content (AvgIpc) is 2.82. The van der Waals surface area contributed by atoms with Crippen molar-refractivity contribution < 1.29 is 18.9 Å². The van der Waals surface area contributed by atoms with Crippen LogP contribution in [0.2, 0.25) is 0 Å². The molecule has 0 bridgehead atoms. The van der Waals surface area contributed by atoms with E-state index in [2.05, 4.69) is 41.3 Å². The smallest absolute Gasteiger partial charge is 0.161 e. The van der Waals surface area contributed by atoms with E-state index in [1.54, 1.807) is 21.3 Å². The van der Waals surface area contributed by atoms with Gasteiger partial charge in [-0.1, -0.05) is 36.4 Å². The monoisotopic (exact) mass is 419 g/mol. The van der Waals surface area contributed by atoms with Crippen LogP contribution in [0.1, 0.15) is 22.3 Å². The van der Waals surface area contributed by atoms with E-state index in [-0.39, 0.29) is 0 Å². The normalized spacial score (nSPS) is 13.4. The first-order valence-corrected chi connectivity index (χ1v) is 10.5. The highest BCUT2D eigenvalue weighted by Crippen LogP contribution is 2.34. The van der Waals surface area contributed by atoms with Gasteiger partial charge in [-0.05, 0) is 52.9 Å². The predicted molar refractivity (Wildman–Crippen MR) is 121 cm³/mol. The van der Waals surface area contributed by atoms with E-state index in [9.17, 15) is 0 Å². The van der Waals surface area contributed by atoms with Gasteiger partial charge in [0.2, 0.25) is 0 Å². The van der Waals surface area contributed by atoms with Gasteiger partial charge in [0, 0.05) is 19.6 Å². The summed E-state index contributed by atoms with van der Waals surface area (Å²) < 4.78 is 22.5. The van der Waals surface area contributed by atoms with Crippen LogP contribution in [0.4, 0.5) is 0 Å². The van der Waals surface area contributed by atoms with E-state index in [0.717, 1.165) is 54.6 Å². The Kier molecular flexibility index (Phi) is 6.63. The minimum atomic E-state index is 0.513. The molecule has 4 rings (SSSR count). The van der Waals surface area contributed by atoms with Gasteiger partial charge in [0.15, 0.2) is 23.0 Å². The maximum Gasteiger partial charge on any atom is 0.161 e. The third-order valence-electron chi connectivity index (χ3n) is 5.67. The molecule has 0 saturated carbocycles. The van der Waals surface area contributed by atoms with Crippen molar-refractivity contribution in [2.24, 2.45) is 0 Å². The molecule has 3 aromatic rings. The van der Waals surface area contributed by atoms with Gasteiger partial charge in [-0.15, -0.1) is 0 Å². The molecule has 1 aliphatic heterocycles. The van der Waals surface area contributed by atoms with E-state index in [1.165, 1.54) is 16.7 Å². The summed E-state index contributed by atoms with van der Waals surface area (Å²) in [5.41, 5.74) is 4.95. The van der Waals surface area contributed by atoms with Gasteiger partial charge in [-0.3, -0.25) is 4.90 Å². The number of benzene rings is 3. The highest BCUT2D eigenvalue weighted by molar-refractivity contribution is 5.48. The molecular formula is C26H29NO4. The zero-order valence-electron chi connectivity index (χ0n) is 18.4. The molecule has 0 fully saturated rings. The Labute approximate surface area is 184 Å². The number of rotatable bonds is 8. The summed E-state index contributed by atoms with van der Waals surface area (Å²) in [4.78, 5) is 2.44. The largest absolute Gasteiger partial charge is 0.493 e. The molecule has 5 nitrogen and oxygen atoms in total. The molecule has 1 aliphatic rings. The zero-order valence-corrected chi connectivity index (χ0v) is 18.4. The molecule has 0 unspecified atom stereocenters. The molecule has 0 amide bonds. The first kappa shape index (κ1) is 21.1. The van der Waals surface area contributed by atoms with Crippen molar-refractivity contribution in [2.45, 2.75) is 26.1 Å². The van der Waals surface area contributed by atoms with E-state index in [4.69, 9.17) is 18.9 Å². The first-order valence-electron chi connectivity index (χ1n) is 10.5. The Morgan fingerprint density at radius 2 is 1.42 bits per heavy atom. The van der Waals surface area contributed by atoms with Gasteiger partial charge in [0.05, 0.1) is 21.3 Å². The summed E-state index contributed by atoms with van der Waals surface area (Å²) in [6.45, 7) is 3.23. The molecule has 0 radical (unpaired) electrons. The van der Waals surface area contributed by atoms with Gasteiger partial charge in [-0.2, -0.15) is 0 Å². The molecule has 0 spiro atoms. The lowest BCUT2D eigenvalue weighted by Gasteiger charge is -2.29. The second kappa shape index (κ2) is 9.75. The van der Waals surface area contributed by atoms with Crippen LogP contribution in [0.25, 0.3) is 0 Å². The summed E-state index contributed by atoms with van der Waals surface area (Å²) in [6, 6.07) is 20.6. The van der Waals surface area contributed by atoms with Crippen molar-refractivity contribution in [2.75, 3.05) is 27.9 Å². The number of nitrogens with zero attached hydrogens (tertiary/aromatic N) is 1. The number of fused-ring (bicyclic) bond motifs is 1. The van der Waals surface area contributed by atoms with Gasteiger partial charge >= 0.3 is 0 Å². The highest BCUT2D eigenvalue weighted by atomic mass is 16.5. The SMILES string of the molecule is COc1cc2c(cc1OC)CN(Cc1ccc(OC)c(OCc3ccccc3)c1)CC2. The fourth-order valence-corrected chi connectivity index (χ4v) is 4.00. The lowest BCUT2D eigenvalue weighted by Crippen LogP contribution is -2.30. The first-order chi connectivity index (χ1) is 15.2. The summed E-state index contributed by atoms with van der Waals surface area (Å²) in [7, 11) is 5.04. The Balaban J connectivity index is 1.47. The topological polar surface area (TPSA) is 40.2 Å². The molecule has 31 heavy (non-hydrogen) atoms. The average molecular weight is 420 g/mol. The van der Waals surface area contributed by atoms with Gasteiger partial charge in [0.1, 0.15) is 6.61 Å². The molecule has 3 aromatic carbocycles. The second-order valence-electron chi connectivity index (χ2n) is 7.70. The van der Waals surface area contributed by atoms with Gasteiger partial charge in [-0.25, -0.2) is 0 Å². The summed E-state index contributed by atoms with van der Waals surface area (Å²) >= 11 is 0. The minimum Gasteiger partial charge on any atom is -0.493 e. The Hall–Kier alpha value is -3.18. The van der Waals surface area contributed by atoms with Crippen molar-refractivity contribution in [3.05, 3.63) is 82.9 Å². The Morgan fingerprint density at radius 3 is 2.13 bits per heavy atom. The van der Waals surface area contributed by atoms with E-state index >= 15 is 0 Å². The molecule has 0 aliphatic carbocycles. The molecule has 0 saturated heterocycles. The predicted octanol–water partition coefficient (Wildman–Crippen LogP) is 4.85. The molecule has 162 valence electrons. The zero-order chi connectivity index (χ0) is 21.6. The second-order valence-corrected chi connectivity index (χ2v) is 7.70. The molecule has 1 heterocycles. The van der Waals surface area contributed by atoms with Crippen LogP contribution in [-0.2, 0) is 26.1 Å². The Morgan fingerprint density at radius 1 is 0.710 bits per heavy atom. The van der Waals surface area contributed by atoms with E-state index < -0.39 is 0 Å². The van der Waals surface area contributed by atoms with Crippen molar-refractivity contribution >= 4 is 0 Å². The molecular weight excluding hydrogens is 390 g/mol. The Bertz CT molecular complexity index is 1020. The van der Waals surface area contributed by atoms with Gasteiger partial charge in [0.25, 0.3) is 0 Å². The number of hydrogen-bond acceptors (Lipinski definition) is 5. The minimum absolute atomic E-state index is 0.513. The summed E-state index contributed by atoms with van der Waals surface area (Å²) in [6.07, 6.45) is 0.989. The molecule has 0 atom stereocenters. The number of ether oxygens (including phenoxy) is 4. The van der Waals surface area contributed by atoms with E-state index in [0.29, 0.717) is 6.61 Å². The number of methoxy groups -OCH3 is 3. The van der Waals surface area contributed by atoms with Crippen LogP contribution in [0.5, 0.6) is 23.0 Å². The fourth-order valence-electron chi connectivity index (χ4n) is 4.00. The lowest BCUT2D eigenvalue weighted by molar-refractivity contribution is 0.242. The summed E-state index contributed by atoms with van der Waals surface area (Å²) in [5, 5.41) is 0. The maximum atomic E-state index is 6.08. The third kappa shape index (κ3) is 4.94. The van der Waals surface area contributed by atoms with Gasteiger partial charge < -0.3 is 18.9 Å². The van der Waals surface area contributed by atoms with Crippen LogP contribution >= 0.6 is 0 Å². The van der Waals surface area contributed by atoms with Crippen molar-refractivity contribution in [1.82, 2.24) is 4.90 Å². The van der Waals surface area contributed by atoms with Crippen LogP contribution in [0.15, 0.2) is 60.7 Å². The maximum absolute atomic E-state index is 6.08. The van der Waals surface area contributed by atoms with Crippen LogP contribution in [-0.4, -0.2) is 32.8 Å². The molecule has 0 N–H and O–H groups in total. The lowest BCUT2D eigenvalue weighted by atomic mass is 9.98. The number of hydrogen-bond donors (Lipinski definition) is 0. The highest BCUT2D eigenvalue weighted by Gasteiger charge is 2.20. The van der Waals surface area contributed by atoms with Crippen LogP contribution in [0, 0.1) is 0 Å². The van der Waals surface area contributed by atoms with Crippen molar-refractivity contribution in [3.8, 4) is 23.0 Å². The van der Waals surface area contributed by atoms with Crippen LogP contribution in [0.3, 0.4) is 0 Å². The molecule has 0 aromatic heterocycles. The fraction of sp³-hybridized carbons (Fsp3) is 0.308. The van der Waals surface area contributed by atoms with Crippen LogP contribution < -0.4 is 18.9 Å². The summed E-state index contributed by atoms with van der Waals surface area (Å²) in [5.74, 6) is 3.10. The van der Waals surface area contributed by atoms with E-state index in [1.807, 2.05) is 24.3 Å². The van der Waals surface area contributed by atoms with Crippen molar-refractivity contribution in [3.63, 3.8) is 0 Å². The standard InChI is InChI=1S/C26H29NO4/c1-28-23-10-9-20(13-26(23)31-18-19-7-5-4-6-8-19)16-27-12-11-21-14-24(29-2)25(30-3)15-22(21)17-27/h4-10,13-15H,11-12,16-18H2,1-3H3.